The number of allylic oxidation sites excluding steroid dienone is 1. The molecule has 0 amide bonds. The molecule has 0 aliphatic carbocycles. The summed E-state index contributed by atoms with van der Waals surface area (Å²) in [6, 6.07) is 1.48. The van der Waals surface area contributed by atoms with Crippen molar-refractivity contribution >= 4 is 0 Å². The first kappa shape index (κ1) is 15.3. The summed E-state index contributed by atoms with van der Waals surface area (Å²) in [5.74, 6) is -2.87. The van der Waals surface area contributed by atoms with Crippen LogP contribution in [0.15, 0.2) is 12.7 Å². The smallest absolute Gasteiger partial charge is 0.197 e. The van der Waals surface area contributed by atoms with Crippen LogP contribution in [0.25, 0.3) is 0 Å². The molecule has 8 heteroatoms. The van der Waals surface area contributed by atoms with Gasteiger partial charge in [0.2, 0.25) is 0 Å². The van der Waals surface area contributed by atoms with Gasteiger partial charge in [0.15, 0.2) is 11.3 Å². The molecule has 0 aliphatic rings. The molecule has 0 aromatic carbocycles. The summed E-state index contributed by atoms with van der Waals surface area (Å²) in [5.41, 5.74) is -4.40. The van der Waals surface area contributed by atoms with Crippen molar-refractivity contribution in [2.24, 2.45) is 11.3 Å². The molecule has 0 unspecified atom stereocenters. The molecule has 17 heavy (non-hydrogen) atoms. The molecule has 0 aromatic rings. The van der Waals surface area contributed by atoms with Crippen LogP contribution in [0.5, 0.6) is 0 Å². The van der Waals surface area contributed by atoms with Crippen molar-refractivity contribution in [3.63, 3.8) is 0 Å². The summed E-state index contributed by atoms with van der Waals surface area (Å²) >= 11 is 0. The molecule has 0 heterocycles. The number of rotatable bonds is 3. The molecular formula is C9H6F6N2. The zero-order chi connectivity index (χ0) is 13.9. The van der Waals surface area contributed by atoms with Gasteiger partial charge in [0.1, 0.15) is 0 Å². The Bertz CT molecular complexity index is 339. The predicted molar refractivity (Wildman–Crippen MR) is 44.1 cm³/mol. The van der Waals surface area contributed by atoms with Crippen LogP contribution in [0.4, 0.5) is 26.3 Å². The Morgan fingerprint density at radius 3 is 1.53 bits per heavy atom. The van der Waals surface area contributed by atoms with E-state index < -0.39 is 30.1 Å². The molecule has 0 fully saturated rings. The summed E-state index contributed by atoms with van der Waals surface area (Å²) < 4.78 is 75.7. The summed E-state index contributed by atoms with van der Waals surface area (Å²) in [6.45, 7) is 2.80. The van der Waals surface area contributed by atoms with E-state index in [0.29, 0.717) is 6.08 Å². The number of hydrogen-bond donors (Lipinski definition) is 0. The van der Waals surface area contributed by atoms with Crippen molar-refractivity contribution < 1.29 is 26.3 Å². The Morgan fingerprint density at radius 1 is 1.00 bits per heavy atom. The summed E-state index contributed by atoms with van der Waals surface area (Å²) in [4.78, 5) is 0. The number of alkyl halides is 6. The second-order valence-corrected chi connectivity index (χ2v) is 3.15. The number of hydrogen-bond acceptors (Lipinski definition) is 2. The lowest BCUT2D eigenvalue weighted by Gasteiger charge is -2.37. The van der Waals surface area contributed by atoms with Gasteiger partial charge in [-0.15, -0.1) is 6.58 Å². The lowest BCUT2D eigenvalue weighted by Crippen LogP contribution is -2.54. The van der Waals surface area contributed by atoms with Crippen LogP contribution < -0.4 is 0 Å². The van der Waals surface area contributed by atoms with Gasteiger partial charge in [-0.3, -0.25) is 0 Å². The lowest BCUT2D eigenvalue weighted by atomic mass is 9.72. The zero-order valence-electron chi connectivity index (χ0n) is 8.23. The minimum absolute atomic E-state index is 0.392. The van der Waals surface area contributed by atoms with Crippen LogP contribution in [0.2, 0.25) is 0 Å². The Labute approximate surface area is 92.7 Å². The molecule has 0 rings (SSSR count). The highest BCUT2D eigenvalue weighted by Gasteiger charge is 2.74. The fourth-order valence-electron chi connectivity index (χ4n) is 1.31. The van der Waals surface area contributed by atoms with Gasteiger partial charge in [-0.1, -0.05) is 6.08 Å². The van der Waals surface area contributed by atoms with Crippen molar-refractivity contribution in [2.75, 3.05) is 0 Å². The lowest BCUT2D eigenvalue weighted by molar-refractivity contribution is -0.347. The van der Waals surface area contributed by atoms with Crippen molar-refractivity contribution in [3.05, 3.63) is 12.7 Å². The van der Waals surface area contributed by atoms with Crippen LogP contribution in [0, 0.1) is 34.0 Å². The van der Waals surface area contributed by atoms with E-state index in [1.807, 2.05) is 0 Å². The molecule has 0 aliphatic heterocycles. The van der Waals surface area contributed by atoms with E-state index in [2.05, 4.69) is 6.58 Å². The first-order chi connectivity index (χ1) is 7.58. The molecule has 0 radical (unpaired) electrons. The third kappa shape index (κ3) is 2.36. The minimum atomic E-state index is -5.77. The second-order valence-electron chi connectivity index (χ2n) is 3.15. The van der Waals surface area contributed by atoms with Crippen molar-refractivity contribution in [1.82, 2.24) is 0 Å². The van der Waals surface area contributed by atoms with Gasteiger partial charge < -0.3 is 0 Å². The van der Waals surface area contributed by atoms with E-state index in [1.165, 1.54) is 0 Å². The maximum atomic E-state index is 12.6. The zero-order valence-corrected chi connectivity index (χ0v) is 8.23. The highest BCUT2D eigenvalue weighted by molar-refractivity contribution is 5.16. The summed E-state index contributed by atoms with van der Waals surface area (Å²) in [5, 5.41) is 16.6. The second kappa shape index (κ2) is 4.66. The third-order valence-corrected chi connectivity index (χ3v) is 2.23. The van der Waals surface area contributed by atoms with Crippen LogP contribution in [0.3, 0.4) is 0 Å². The van der Waals surface area contributed by atoms with Gasteiger partial charge in [-0.05, 0) is 6.42 Å². The summed E-state index contributed by atoms with van der Waals surface area (Å²) in [6.07, 6.45) is -12.7. The number of nitriles is 2. The van der Waals surface area contributed by atoms with Crippen molar-refractivity contribution in [1.29, 1.82) is 10.5 Å². The average Bonchev–Trinajstić information content (AvgIpc) is 2.14. The molecule has 0 saturated heterocycles. The van der Waals surface area contributed by atoms with Crippen LogP contribution in [-0.4, -0.2) is 12.4 Å². The van der Waals surface area contributed by atoms with Crippen molar-refractivity contribution in [2.45, 2.75) is 18.8 Å². The fourth-order valence-corrected chi connectivity index (χ4v) is 1.31. The standard InChI is InChI=1S/C9H6F6N2/c1-2-3-7(8(10,11)12,9(13,14)15)6(4-16)5-17/h2,6H,1,3H2. The van der Waals surface area contributed by atoms with Crippen LogP contribution in [0.1, 0.15) is 6.42 Å². The third-order valence-electron chi connectivity index (χ3n) is 2.23. The van der Waals surface area contributed by atoms with E-state index in [-0.39, 0.29) is 0 Å². The molecule has 0 N–H and O–H groups in total. The first-order valence-electron chi connectivity index (χ1n) is 4.12. The van der Waals surface area contributed by atoms with Crippen molar-refractivity contribution in [3.8, 4) is 12.1 Å². The molecule has 0 saturated carbocycles. The summed E-state index contributed by atoms with van der Waals surface area (Å²) in [7, 11) is 0. The van der Waals surface area contributed by atoms with Gasteiger partial charge in [-0.2, -0.15) is 36.9 Å². The largest absolute Gasteiger partial charge is 0.405 e. The monoisotopic (exact) mass is 256 g/mol. The van der Waals surface area contributed by atoms with E-state index in [0.717, 1.165) is 12.1 Å². The fraction of sp³-hybridized carbons (Fsp3) is 0.556. The normalized spacial score (nSPS) is 13.0. The van der Waals surface area contributed by atoms with E-state index in [9.17, 15) is 26.3 Å². The molecule has 0 spiro atoms. The Balaban J connectivity index is 6.06. The first-order valence-corrected chi connectivity index (χ1v) is 4.12. The van der Waals surface area contributed by atoms with Gasteiger partial charge in [0.05, 0.1) is 12.1 Å². The van der Waals surface area contributed by atoms with E-state index in [1.54, 1.807) is 0 Å². The predicted octanol–water partition coefficient (Wildman–Crippen LogP) is 3.34. The van der Waals surface area contributed by atoms with Gasteiger partial charge in [-0.25, -0.2) is 0 Å². The Kier molecular flexibility index (Phi) is 4.19. The SMILES string of the molecule is C=CCC(C(C#N)C#N)(C(F)(F)F)C(F)(F)F. The minimum Gasteiger partial charge on any atom is -0.197 e. The van der Waals surface area contributed by atoms with Crippen LogP contribution in [-0.2, 0) is 0 Å². The maximum absolute atomic E-state index is 12.6. The van der Waals surface area contributed by atoms with Gasteiger partial charge in [0, 0.05) is 0 Å². The van der Waals surface area contributed by atoms with Crippen LogP contribution >= 0.6 is 0 Å². The highest BCUT2D eigenvalue weighted by atomic mass is 19.4. The molecule has 94 valence electrons. The number of nitrogens with zero attached hydrogens (tertiary/aromatic N) is 2. The molecule has 0 atom stereocenters. The Morgan fingerprint density at radius 2 is 1.35 bits per heavy atom. The van der Waals surface area contributed by atoms with Gasteiger partial charge >= 0.3 is 12.4 Å². The average molecular weight is 256 g/mol. The topological polar surface area (TPSA) is 47.6 Å². The molecule has 0 aromatic heterocycles. The maximum Gasteiger partial charge on any atom is 0.405 e. The molecule has 2 nitrogen and oxygen atoms in total. The van der Waals surface area contributed by atoms with Gasteiger partial charge in [0.25, 0.3) is 0 Å². The van der Waals surface area contributed by atoms with E-state index in [4.69, 9.17) is 10.5 Å². The quantitative estimate of drug-likeness (QED) is 0.574. The van der Waals surface area contributed by atoms with E-state index >= 15 is 0 Å². The Hall–Kier alpha value is -1.70. The molecule has 0 bridgehead atoms. The molecular weight excluding hydrogens is 250 g/mol. The highest BCUT2D eigenvalue weighted by Crippen LogP contribution is 2.57. The number of halogens is 6.